The van der Waals surface area contributed by atoms with Crippen LogP contribution in [0.5, 0.6) is 0 Å². The van der Waals surface area contributed by atoms with Crippen LogP contribution in [0.15, 0.2) is 22.6 Å². The van der Waals surface area contributed by atoms with E-state index in [1.807, 2.05) is 26.8 Å². The first-order valence-corrected chi connectivity index (χ1v) is 7.79. The summed E-state index contributed by atoms with van der Waals surface area (Å²) in [5, 5.41) is 16.6. The minimum Gasteiger partial charge on any atom is -0.317 e. The molecule has 0 aromatic carbocycles. The topological polar surface area (TPSA) is 119 Å². The predicted octanol–water partition coefficient (Wildman–Crippen LogP) is 1.88. The van der Waals surface area contributed by atoms with Gasteiger partial charge in [-0.2, -0.15) is 5.26 Å². The monoisotopic (exact) mass is 348 g/mol. The van der Waals surface area contributed by atoms with E-state index < -0.39 is 16.5 Å². The number of nitrogens with one attached hydrogen (secondary N) is 2. The number of aryl methyl sites for hydroxylation is 1. The zero-order valence-corrected chi connectivity index (χ0v) is 15.3. The number of Topliss-reactive ketones (excluding diaryl/α,β-unsaturated/α-hetero) is 1. The predicted molar refractivity (Wildman–Crippen MR) is 94.1 cm³/mol. The van der Waals surface area contributed by atoms with Crippen molar-refractivity contribution in [2.75, 3.05) is 7.05 Å². The molecule has 3 N–H and O–H groups in total. The van der Waals surface area contributed by atoms with Gasteiger partial charge in [0.15, 0.2) is 5.78 Å². The number of H-pyrrole nitrogens is 1. The van der Waals surface area contributed by atoms with Gasteiger partial charge in [-0.1, -0.05) is 34.2 Å². The molecule has 0 saturated heterocycles. The van der Waals surface area contributed by atoms with E-state index >= 15 is 0 Å². The summed E-state index contributed by atoms with van der Waals surface area (Å²) in [4.78, 5) is 30.7. The Morgan fingerprint density at radius 3 is 2.64 bits per heavy atom. The zero-order chi connectivity index (χ0) is 20.1. The number of rotatable bonds is 0. The smallest absolute Gasteiger partial charge is 0.317 e. The van der Waals surface area contributed by atoms with Crippen LogP contribution < -0.4 is 11.2 Å². The van der Waals surface area contributed by atoms with Gasteiger partial charge in [0.05, 0.1) is 5.57 Å². The molecule has 0 aliphatic heterocycles. The molecule has 0 fully saturated rings. The third-order valence-electron chi connectivity index (χ3n) is 5.12. The van der Waals surface area contributed by atoms with Crippen LogP contribution in [0.4, 0.5) is 0 Å². The van der Waals surface area contributed by atoms with Gasteiger partial charge in [0, 0.05) is 31.1 Å². The minimum atomic E-state index is -0.619. The lowest BCUT2D eigenvalue weighted by molar-refractivity contribution is -0.128. The van der Waals surface area contributed by atoms with Gasteiger partial charge in [0.1, 0.15) is 6.07 Å². The van der Waals surface area contributed by atoms with Crippen molar-refractivity contribution in [3.05, 3.63) is 39.6 Å². The number of carbonyl (C=O) groups excluding carboxylic acids is 1. The number of nitrogens with zero attached hydrogens (tertiary/aromatic N) is 2. The van der Waals surface area contributed by atoms with Gasteiger partial charge in [-0.05, 0) is 24.3 Å². The molecule has 0 radical (unpaired) electrons. The second-order valence-electron chi connectivity index (χ2n) is 6.91. The molecule has 1 heterocycles. The molecule has 0 unspecified atom stereocenters. The summed E-state index contributed by atoms with van der Waals surface area (Å²) in [5.74, 6) is -0.0486. The Morgan fingerprint density at radius 1 is 1.48 bits per heavy atom. The number of nitriles is 1. The Labute approximate surface area is 149 Å². The van der Waals surface area contributed by atoms with Gasteiger partial charge in [-0.25, -0.2) is 15.3 Å². The van der Waals surface area contributed by atoms with E-state index in [-0.39, 0.29) is 17.3 Å². The fraction of sp³-hybridized carbons (Fsp3) is 0.556. The molecule has 1 aromatic rings. The summed E-state index contributed by atoms with van der Waals surface area (Å²) in [6.07, 6.45) is 4.97. The summed E-state index contributed by atoms with van der Waals surface area (Å²) < 4.78 is 5.75. The minimum absolute atomic E-state index is 0.0557. The molecule has 7 nitrogen and oxygen atoms in total. The summed E-state index contributed by atoms with van der Waals surface area (Å²) in [6, 6.07) is 2.02. The fourth-order valence-electron chi connectivity index (χ4n) is 4.10. The van der Waals surface area contributed by atoms with Crippen LogP contribution in [0.2, 0.25) is 0 Å². The lowest BCUT2D eigenvalue weighted by atomic mass is 9.52. The van der Waals surface area contributed by atoms with Crippen molar-refractivity contribution in [3.8, 4) is 6.07 Å². The van der Waals surface area contributed by atoms with Crippen molar-refractivity contribution in [2.24, 2.45) is 11.3 Å². The number of aromatic amines is 1. The Hall–Kier alpha value is -2.30. The second kappa shape index (κ2) is 7.30. The highest BCUT2D eigenvalue weighted by molar-refractivity contribution is 6.04. The number of hydrogen-bond acceptors (Lipinski definition) is 6. The molecule has 2 atom stereocenters. The summed E-state index contributed by atoms with van der Waals surface area (Å²) in [5.41, 5.74) is 2.20. The molecule has 1 aromatic heterocycles. The van der Waals surface area contributed by atoms with Crippen molar-refractivity contribution in [3.63, 3.8) is 0 Å². The molecular weight excluding hydrogens is 320 g/mol. The number of ketones is 1. The fourth-order valence-corrected chi connectivity index (χ4v) is 4.10. The number of carbonyl (C=O) groups is 1. The van der Waals surface area contributed by atoms with Gasteiger partial charge in [-0.3, -0.25) is 4.79 Å². The number of allylic oxidation sites excluding steroid dienone is 2. The molecule has 0 saturated carbocycles. The first-order chi connectivity index (χ1) is 12.2. The van der Waals surface area contributed by atoms with Crippen LogP contribution in [-0.4, -0.2) is 28.0 Å². The van der Waals surface area contributed by atoms with Crippen LogP contribution in [0, 0.1) is 22.7 Å². The summed E-state index contributed by atoms with van der Waals surface area (Å²) in [7, 11) is 2.68. The average Bonchev–Trinajstić information content (AvgIpc) is 2.61. The Balaban J connectivity index is 0.000000615. The van der Waals surface area contributed by atoms with Crippen molar-refractivity contribution in [2.45, 2.75) is 46.4 Å². The van der Waals surface area contributed by atoms with Crippen molar-refractivity contribution >= 4 is 5.78 Å². The molecule has 3 rings (SSSR count). The van der Waals surface area contributed by atoms with E-state index in [4.69, 9.17) is 6.58 Å². The number of aromatic nitrogens is 2. The number of hydroxylamine groups is 1. The highest BCUT2D eigenvalue weighted by Gasteiger charge is 2.54. The summed E-state index contributed by atoms with van der Waals surface area (Å²) in [6.45, 7) is 5.79. The largest absolute Gasteiger partial charge is 0.345 e. The molecule has 136 valence electrons. The lowest BCUT2D eigenvalue weighted by Crippen LogP contribution is -2.52. The standard InChI is InChI=1S/C16H17N3O2.CH5NO.CH4/c1-15(2)11-5-4-9-8-18-14(21)19-12(9)16(11,3)6-10(7-17)13(15)20;1-2-3;/h6,8,11H,4-5H2,1-3H3,(H,18,19,21);2-3H,1H3;1H4/t11-,16-;;/m0../s1/i;;1T. The van der Waals surface area contributed by atoms with Crippen molar-refractivity contribution in [1.82, 2.24) is 15.4 Å². The highest BCUT2D eigenvalue weighted by Crippen LogP contribution is 2.53. The molecule has 2 aliphatic carbocycles. The maximum Gasteiger partial charge on any atom is 0.345 e. The van der Waals surface area contributed by atoms with Gasteiger partial charge < -0.3 is 10.2 Å². The van der Waals surface area contributed by atoms with Crippen LogP contribution in [0.25, 0.3) is 0 Å². The zero-order valence-electron chi connectivity index (χ0n) is 16.3. The summed E-state index contributed by atoms with van der Waals surface area (Å²) >= 11 is 0. The number of hydrogen-bond donors (Lipinski definition) is 3. The van der Waals surface area contributed by atoms with Crippen molar-refractivity contribution in [1.29, 1.82) is 5.26 Å². The Bertz CT molecular complexity index is 794. The normalized spacial score (nSPS) is 26.1. The maximum atomic E-state index is 12.5. The van der Waals surface area contributed by atoms with Crippen LogP contribution >= 0.6 is 0 Å². The molecule has 25 heavy (non-hydrogen) atoms. The highest BCUT2D eigenvalue weighted by atomic mass is 16.5. The third kappa shape index (κ3) is 3.28. The van der Waals surface area contributed by atoms with E-state index in [0.717, 1.165) is 24.1 Å². The van der Waals surface area contributed by atoms with Crippen LogP contribution in [-0.2, 0) is 16.6 Å². The molecule has 2 aliphatic rings. The Kier molecular flexibility index (Phi) is 5.55. The van der Waals surface area contributed by atoms with E-state index in [9.17, 15) is 14.9 Å². The van der Waals surface area contributed by atoms with Gasteiger partial charge >= 0.3 is 5.69 Å². The van der Waals surface area contributed by atoms with Gasteiger partial charge in [-0.15, -0.1) is 0 Å². The SMILES string of the molecule is CC1(C)C(=O)C(C#N)=C[C@]2(C)c3[nH]c(=O)ncc3CC[C@@H]12.CNO.[3H]C. The second-order valence-corrected chi connectivity index (χ2v) is 6.91. The van der Waals surface area contributed by atoms with Crippen molar-refractivity contribution < 1.29 is 11.4 Å². The van der Waals surface area contributed by atoms with Gasteiger partial charge in [0.25, 0.3) is 0 Å². The Morgan fingerprint density at radius 2 is 2.08 bits per heavy atom. The van der Waals surface area contributed by atoms with Crippen LogP contribution in [0.3, 0.4) is 0 Å². The first kappa shape index (κ1) is 19.0. The molecule has 0 bridgehead atoms. The van der Waals surface area contributed by atoms with E-state index in [2.05, 4.69) is 9.97 Å². The maximum absolute atomic E-state index is 12.5. The van der Waals surface area contributed by atoms with E-state index in [1.165, 1.54) is 14.5 Å². The molecular formula is C18H26N4O3. The number of fused-ring (bicyclic) bond motifs is 3. The third-order valence-corrected chi connectivity index (χ3v) is 5.12. The van der Waals surface area contributed by atoms with Gasteiger partial charge in [0.2, 0.25) is 0 Å². The molecule has 7 heteroatoms. The lowest BCUT2D eigenvalue weighted by Gasteiger charge is -2.50. The average molecular weight is 348 g/mol. The van der Waals surface area contributed by atoms with E-state index in [1.54, 1.807) is 17.8 Å². The first-order valence-electron chi connectivity index (χ1n) is 8.79. The quantitative estimate of drug-likeness (QED) is 0.616. The van der Waals surface area contributed by atoms with Crippen LogP contribution in [0.1, 0.15) is 47.2 Å². The van der Waals surface area contributed by atoms with E-state index in [0.29, 0.717) is 0 Å². The molecule has 0 spiro atoms. The molecule has 0 amide bonds.